The summed E-state index contributed by atoms with van der Waals surface area (Å²) in [6.07, 6.45) is 0. The molecule has 0 aliphatic heterocycles. The van der Waals surface area contributed by atoms with Crippen LogP contribution in [0.5, 0.6) is 5.75 Å². The molecule has 22 heavy (non-hydrogen) atoms. The first kappa shape index (κ1) is 13.9. The van der Waals surface area contributed by atoms with Gasteiger partial charge in [0, 0.05) is 6.07 Å². The molecule has 0 saturated heterocycles. The molecule has 3 aromatic rings. The molecule has 0 saturated carbocycles. The summed E-state index contributed by atoms with van der Waals surface area (Å²) in [7, 11) is 0. The summed E-state index contributed by atoms with van der Waals surface area (Å²) in [5, 5.41) is 4.88. The zero-order valence-corrected chi connectivity index (χ0v) is 11.7. The highest BCUT2D eigenvalue weighted by Gasteiger charge is 2.01. The maximum Gasteiger partial charge on any atom is 0.310 e. The minimum atomic E-state index is -0.670. The van der Waals surface area contributed by atoms with Crippen LogP contribution in [0.1, 0.15) is 5.69 Å². The van der Waals surface area contributed by atoms with Crippen molar-refractivity contribution < 1.29 is 4.74 Å². The van der Waals surface area contributed by atoms with E-state index in [4.69, 9.17) is 4.74 Å². The van der Waals surface area contributed by atoms with Crippen LogP contribution >= 0.6 is 0 Å². The van der Waals surface area contributed by atoms with Crippen molar-refractivity contribution in [1.29, 1.82) is 0 Å². The van der Waals surface area contributed by atoms with Gasteiger partial charge in [-0.2, -0.15) is 0 Å². The topological polar surface area (TPSA) is 75.0 Å². The Kier molecular flexibility index (Phi) is 3.87. The number of ether oxygens (including phenoxy) is 1. The fourth-order valence-electron chi connectivity index (χ4n) is 2.07. The van der Waals surface area contributed by atoms with Crippen LogP contribution < -0.4 is 15.7 Å². The molecule has 5 nitrogen and oxygen atoms in total. The molecule has 3 rings (SSSR count). The average Bonchev–Trinajstić information content (AvgIpc) is 2.57. The smallest absolute Gasteiger partial charge is 0.310 e. The SMILES string of the molecule is O=c1cc(COc2ccc(-c3ccccc3)cc2)[nH][nH]c1=O. The van der Waals surface area contributed by atoms with Crippen LogP contribution in [0.25, 0.3) is 11.1 Å². The first-order valence-corrected chi connectivity index (χ1v) is 6.81. The number of hydrogen-bond acceptors (Lipinski definition) is 3. The Morgan fingerprint density at radius 1 is 0.818 bits per heavy atom. The third kappa shape index (κ3) is 3.15. The highest BCUT2D eigenvalue weighted by atomic mass is 16.5. The van der Waals surface area contributed by atoms with Gasteiger partial charge < -0.3 is 4.74 Å². The lowest BCUT2D eigenvalue weighted by Crippen LogP contribution is -2.28. The van der Waals surface area contributed by atoms with Crippen molar-refractivity contribution in [1.82, 2.24) is 10.2 Å². The first-order valence-electron chi connectivity index (χ1n) is 6.81. The van der Waals surface area contributed by atoms with Crippen molar-refractivity contribution >= 4 is 0 Å². The minimum absolute atomic E-state index is 0.177. The fourth-order valence-corrected chi connectivity index (χ4v) is 2.07. The van der Waals surface area contributed by atoms with Crippen molar-refractivity contribution in [3.63, 3.8) is 0 Å². The predicted molar refractivity (Wildman–Crippen MR) is 83.9 cm³/mol. The Bertz CT molecular complexity index is 865. The molecule has 5 heteroatoms. The molecule has 0 fully saturated rings. The number of H-pyrrole nitrogens is 2. The summed E-state index contributed by atoms with van der Waals surface area (Å²) in [5.74, 6) is 0.687. The van der Waals surface area contributed by atoms with Gasteiger partial charge in [-0.05, 0) is 23.3 Å². The van der Waals surface area contributed by atoms with E-state index in [1.807, 2.05) is 54.6 Å². The van der Waals surface area contributed by atoms with E-state index in [2.05, 4.69) is 10.2 Å². The number of aromatic nitrogens is 2. The normalized spacial score (nSPS) is 10.4. The zero-order chi connectivity index (χ0) is 15.4. The lowest BCUT2D eigenvalue weighted by Gasteiger charge is -2.07. The molecule has 0 atom stereocenters. The third-order valence-electron chi connectivity index (χ3n) is 3.22. The van der Waals surface area contributed by atoms with Crippen molar-refractivity contribution in [2.24, 2.45) is 0 Å². The Labute approximate surface area is 126 Å². The van der Waals surface area contributed by atoms with E-state index in [-0.39, 0.29) is 6.61 Å². The summed E-state index contributed by atoms with van der Waals surface area (Å²) in [4.78, 5) is 22.2. The molecular formula is C17H14N2O3. The zero-order valence-electron chi connectivity index (χ0n) is 11.7. The molecule has 0 radical (unpaired) electrons. The van der Waals surface area contributed by atoms with Crippen LogP contribution in [0.4, 0.5) is 0 Å². The van der Waals surface area contributed by atoms with E-state index in [0.717, 1.165) is 11.1 Å². The van der Waals surface area contributed by atoms with E-state index >= 15 is 0 Å². The van der Waals surface area contributed by atoms with Gasteiger partial charge in [0.05, 0.1) is 5.69 Å². The quantitative estimate of drug-likeness (QED) is 0.725. The van der Waals surface area contributed by atoms with Crippen molar-refractivity contribution in [3.05, 3.63) is 86.9 Å². The van der Waals surface area contributed by atoms with Crippen molar-refractivity contribution in [3.8, 4) is 16.9 Å². The second-order valence-electron chi connectivity index (χ2n) is 4.79. The largest absolute Gasteiger partial charge is 0.487 e. The standard InChI is InChI=1S/C17H14N2O3/c20-16-10-14(18-19-17(16)21)11-22-15-8-6-13(7-9-15)12-4-2-1-3-5-12/h1-10H,11H2,(H,18,20)(H,19,21). The molecule has 2 aromatic carbocycles. The molecule has 0 amide bonds. The Morgan fingerprint density at radius 3 is 2.18 bits per heavy atom. The number of nitrogens with one attached hydrogen (secondary N) is 2. The number of aromatic amines is 2. The molecule has 1 heterocycles. The van der Waals surface area contributed by atoms with Gasteiger partial charge in [-0.25, -0.2) is 0 Å². The Morgan fingerprint density at radius 2 is 1.50 bits per heavy atom. The van der Waals surface area contributed by atoms with Gasteiger partial charge >= 0.3 is 5.56 Å². The summed E-state index contributed by atoms with van der Waals surface area (Å²) >= 11 is 0. The van der Waals surface area contributed by atoms with Crippen molar-refractivity contribution in [2.75, 3.05) is 0 Å². The highest BCUT2D eigenvalue weighted by molar-refractivity contribution is 5.63. The summed E-state index contributed by atoms with van der Waals surface area (Å²) in [6.45, 7) is 0.177. The molecule has 0 spiro atoms. The highest BCUT2D eigenvalue weighted by Crippen LogP contribution is 2.22. The average molecular weight is 294 g/mol. The maximum absolute atomic E-state index is 11.2. The predicted octanol–water partition coefficient (Wildman–Crippen LogP) is 2.31. The second-order valence-corrected chi connectivity index (χ2v) is 4.79. The van der Waals surface area contributed by atoms with Crippen LogP contribution in [-0.4, -0.2) is 10.2 Å². The summed E-state index contributed by atoms with van der Waals surface area (Å²) in [5.41, 5.74) is 1.49. The Hall–Kier alpha value is -3.08. The van der Waals surface area contributed by atoms with Gasteiger partial charge in [0.1, 0.15) is 12.4 Å². The lowest BCUT2D eigenvalue weighted by molar-refractivity contribution is 0.299. The Balaban J connectivity index is 1.70. The molecule has 0 aliphatic rings. The maximum atomic E-state index is 11.2. The van der Waals surface area contributed by atoms with Gasteiger partial charge in [-0.1, -0.05) is 42.5 Å². The molecule has 0 unspecified atom stereocenters. The molecular weight excluding hydrogens is 280 g/mol. The van der Waals surface area contributed by atoms with Crippen LogP contribution in [0.15, 0.2) is 70.3 Å². The van der Waals surface area contributed by atoms with Crippen molar-refractivity contribution in [2.45, 2.75) is 6.61 Å². The van der Waals surface area contributed by atoms with Gasteiger partial charge in [-0.3, -0.25) is 19.8 Å². The minimum Gasteiger partial charge on any atom is -0.487 e. The summed E-state index contributed by atoms with van der Waals surface area (Å²) < 4.78 is 5.59. The number of benzene rings is 2. The van der Waals surface area contributed by atoms with Crippen LogP contribution in [0.3, 0.4) is 0 Å². The molecule has 0 aliphatic carbocycles. The van der Waals surface area contributed by atoms with Crippen LogP contribution in [-0.2, 0) is 6.61 Å². The van der Waals surface area contributed by atoms with E-state index < -0.39 is 11.0 Å². The lowest BCUT2D eigenvalue weighted by atomic mass is 10.1. The van der Waals surface area contributed by atoms with Gasteiger partial charge in [0.2, 0.25) is 5.43 Å². The molecule has 110 valence electrons. The first-order chi connectivity index (χ1) is 10.7. The van der Waals surface area contributed by atoms with E-state index in [1.54, 1.807) is 0 Å². The second kappa shape index (κ2) is 6.13. The summed E-state index contributed by atoms with van der Waals surface area (Å²) in [6, 6.07) is 19.0. The van der Waals surface area contributed by atoms with Gasteiger partial charge in [0.25, 0.3) is 0 Å². The van der Waals surface area contributed by atoms with E-state index in [0.29, 0.717) is 11.4 Å². The molecule has 1 aromatic heterocycles. The van der Waals surface area contributed by atoms with Crippen LogP contribution in [0.2, 0.25) is 0 Å². The van der Waals surface area contributed by atoms with Gasteiger partial charge in [0.15, 0.2) is 0 Å². The van der Waals surface area contributed by atoms with E-state index in [1.165, 1.54) is 6.07 Å². The number of hydrogen-bond donors (Lipinski definition) is 2. The third-order valence-corrected chi connectivity index (χ3v) is 3.22. The van der Waals surface area contributed by atoms with Crippen LogP contribution in [0, 0.1) is 0 Å². The molecule has 2 N–H and O–H groups in total. The molecule has 0 bridgehead atoms. The van der Waals surface area contributed by atoms with E-state index in [9.17, 15) is 9.59 Å². The van der Waals surface area contributed by atoms with Gasteiger partial charge in [-0.15, -0.1) is 0 Å². The monoisotopic (exact) mass is 294 g/mol. The fraction of sp³-hybridized carbons (Fsp3) is 0.0588. The number of rotatable bonds is 4.